The molecule has 104 valence electrons. The first-order valence-corrected chi connectivity index (χ1v) is 7.32. The summed E-state index contributed by atoms with van der Waals surface area (Å²) in [6.45, 7) is 1.29. The molecule has 1 unspecified atom stereocenters. The maximum Gasteiger partial charge on any atom is 0.129 e. The summed E-state index contributed by atoms with van der Waals surface area (Å²) < 4.78 is 31.9. The second-order valence-corrected chi connectivity index (χ2v) is 6.03. The highest BCUT2D eigenvalue weighted by atomic mass is 79.9. The van der Waals surface area contributed by atoms with Crippen molar-refractivity contribution in [3.63, 3.8) is 0 Å². The monoisotopic (exact) mass is 338 g/mol. The summed E-state index contributed by atoms with van der Waals surface area (Å²) in [6, 6.07) is 9.86. The molecule has 20 heavy (non-hydrogen) atoms. The number of halogens is 3. The number of rotatable bonds is 3. The number of benzene rings is 2. The molecule has 0 spiro atoms. The fourth-order valence-corrected chi connectivity index (χ4v) is 3.02. The van der Waals surface area contributed by atoms with Crippen molar-refractivity contribution in [2.45, 2.75) is 24.5 Å². The van der Waals surface area contributed by atoms with Crippen molar-refractivity contribution in [1.29, 1.82) is 0 Å². The smallest absolute Gasteiger partial charge is 0.129 e. The van der Waals surface area contributed by atoms with Crippen LogP contribution in [0.1, 0.15) is 27.1 Å². The van der Waals surface area contributed by atoms with E-state index in [1.54, 1.807) is 0 Å². The topological polar surface area (TPSA) is 9.23 Å². The molecule has 0 aromatic heterocycles. The Kier molecular flexibility index (Phi) is 3.85. The predicted octanol–water partition coefficient (Wildman–Crippen LogP) is 4.67. The van der Waals surface area contributed by atoms with Crippen LogP contribution in [-0.4, -0.2) is 0 Å². The Morgan fingerprint density at radius 3 is 2.65 bits per heavy atom. The molecular formula is C16H13BrF2O. The van der Waals surface area contributed by atoms with E-state index in [0.29, 0.717) is 25.2 Å². The second-order valence-electron chi connectivity index (χ2n) is 4.93. The van der Waals surface area contributed by atoms with Crippen LogP contribution in [0.3, 0.4) is 0 Å². The van der Waals surface area contributed by atoms with Crippen molar-refractivity contribution >= 4 is 15.9 Å². The molecule has 0 aliphatic carbocycles. The standard InChI is InChI=1S/C16H13BrF2O/c17-15(6-11-3-4-14(18)7-16(11)19)10-1-2-12-8-20-9-13(12)5-10/h1-5,7,15H,6,8-9H2. The number of hydrogen-bond donors (Lipinski definition) is 0. The Balaban J connectivity index is 1.80. The first-order valence-electron chi connectivity index (χ1n) is 6.41. The van der Waals surface area contributed by atoms with Crippen LogP contribution in [0.2, 0.25) is 0 Å². The lowest BCUT2D eigenvalue weighted by atomic mass is 10.00. The van der Waals surface area contributed by atoms with Crippen molar-refractivity contribution in [3.8, 4) is 0 Å². The summed E-state index contributed by atoms with van der Waals surface area (Å²) in [6.07, 6.45) is 0.478. The van der Waals surface area contributed by atoms with E-state index in [2.05, 4.69) is 22.0 Å². The lowest BCUT2D eigenvalue weighted by Crippen LogP contribution is -1.99. The van der Waals surface area contributed by atoms with E-state index in [9.17, 15) is 8.78 Å². The van der Waals surface area contributed by atoms with Crippen LogP contribution in [0.25, 0.3) is 0 Å². The van der Waals surface area contributed by atoms with Crippen molar-refractivity contribution in [1.82, 2.24) is 0 Å². The van der Waals surface area contributed by atoms with Crippen LogP contribution in [-0.2, 0) is 24.4 Å². The van der Waals surface area contributed by atoms with Gasteiger partial charge in [-0.25, -0.2) is 8.78 Å². The molecule has 2 aromatic rings. The Morgan fingerprint density at radius 2 is 1.85 bits per heavy atom. The molecule has 0 N–H and O–H groups in total. The van der Waals surface area contributed by atoms with Gasteiger partial charge in [-0.15, -0.1) is 0 Å². The molecule has 1 nitrogen and oxygen atoms in total. The summed E-state index contributed by atoms with van der Waals surface area (Å²) in [4.78, 5) is -0.00615. The average Bonchev–Trinajstić information content (AvgIpc) is 2.89. The minimum absolute atomic E-state index is 0.00615. The van der Waals surface area contributed by atoms with E-state index in [0.717, 1.165) is 11.6 Å². The Hall–Kier alpha value is -1.26. The molecule has 0 saturated heterocycles. The molecular weight excluding hydrogens is 326 g/mol. The molecule has 4 heteroatoms. The van der Waals surface area contributed by atoms with Gasteiger partial charge in [0.1, 0.15) is 11.6 Å². The Morgan fingerprint density at radius 1 is 1.05 bits per heavy atom. The van der Waals surface area contributed by atoms with Gasteiger partial charge in [-0.3, -0.25) is 0 Å². The van der Waals surface area contributed by atoms with E-state index in [1.165, 1.54) is 23.3 Å². The molecule has 1 heterocycles. The van der Waals surface area contributed by atoms with Crippen LogP contribution >= 0.6 is 15.9 Å². The summed E-state index contributed by atoms with van der Waals surface area (Å²) in [7, 11) is 0. The van der Waals surface area contributed by atoms with Gasteiger partial charge >= 0.3 is 0 Å². The highest BCUT2D eigenvalue weighted by Gasteiger charge is 2.16. The number of ether oxygens (including phenoxy) is 1. The van der Waals surface area contributed by atoms with Gasteiger partial charge in [-0.1, -0.05) is 40.2 Å². The number of fused-ring (bicyclic) bond motifs is 1. The molecule has 0 radical (unpaired) electrons. The van der Waals surface area contributed by atoms with E-state index >= 15 is 0 Å². The van der Waals surface area contributed by atoms with Gasteiger partial charge in [0, 0.05) is 10.9 Å². The molecule has 1 aliphatic rings. The fraction of sp³-hybridized carbons (Fsp3) is 0.250. The molecule has 3 rings (SSSR count). The van der Waals surface area contributed by atoms with Crippen LogP contribution in [0, 0.1) is 11.6 Å². The zero-order valence-corrected chi connectivity index (χ0v) is 12.3. The quantitative estimate of drug-likeness (QED) is 0.738. The van der Waals surface area contributed by atoms with Gasteiger partial charge < -0.3 is 4.74 Å². The third-order valence-electron chi connectivity index (χ3n) is 3.52. The van der Waals surface area contributed by atoms with Crippen LogP contribution in [0.5, 0.6) is 0 Å². The minimum atomic E-state index is -0.549. The SMILES string of the molecule is Fc1ccc(CC(Br)c2ccc3c(c2)COC3)c(F)c1. The minimum Gasteiger partial charge on any atom is -0.372 e. The maximum atomic E-state index is 13.7. The normalized spacial score (nSPS) is 15.2. The second kappa shape index (κ2) is 5.62. The lowest BCUT2D eigenvalue weighted by Gasteiger charge is -2.12. The Bertz CT molecular complexity index is 642. The summed E-state index contributed by atoms with van der Waals surface area (Å²) in [5.41, 5.74) is 3.98. The number of alkyl halides is 1. The molecule has 0 saturated carbocycles. The van der Waals surface area contributed by atoms with Gasteiger partial charge in [0.2, 0.25) is 0 Å². The van der Waals surface area contributed by atoms with Gasteiger partial charge in [0.25, 0.3) is 0 Å². The van der Waals surface area contributed by atoms with E-state index in [4.69, 9.17) is 4.74 Å². The first-order chi connectivity index (χ1) is 9.63. The first kappa shape index (κ1) is 13.7. The zero-order valence-electron chi connectivity index (χ0n) is 10.7. The molecule has 0 fully saturated rings. The van der Waals surface area contributed by atoms with E-state index in [1.807, 2.05) is 12.1 Å². The predicted molar refractivity (Wildman–Crippen MR) is 76.7 cm³/mol. The molecule has 1 aliphatic heterocycles. The fourth-order valence-electron chi connectivity index (χ4n) is 2.38. The molecule has 1 atom stereocenters. The third kappa shape index (κ3) is 2.76. The highest BCUT2D eigenvalue weighted by Crippen LogP contribution is 2.31. The van der Waals surface area contributed by atoms with Crippen molar-refractivity contribution < 1.29 is 13.5 Å². The van der Waals surface area contributed by atoms with Gasteiger partial charge in [-0.2, -0.15) is 0 Å². The molecule has 0 amide bonds. The molecule has 0 bridgehead atoms. The third-order valence-corrected chi connectivity index (χ3v) is 4.37. The van der Waals surface area contributed by atoms with Crippen molar-refractivity contribution in [2.75, 3.05) is 0 Å². The summed E-state index contributed by atoms with van der Waals surface area (Å²) >= 11 is 3.58. The van der Waals surface area contributed by atoms with Gasteiger partial charge in [0.15, 0.2) is 0 Å². The lowest BCUT2D eigenvalue weighted by molar-refractivity contribution is 0.134. The van der Waals surface area contributed by atoms with Gasteiger partial charge in [-0.05, 0) is 34.7 Å². The summed E-state index contributed by atoms with van der Waals surface area (Å²) in [5.74, 6) is -1.05. The summed E-state index contributed by atoms with van der Waals surface area (Å²) in [5, 5.41) is 0. The zero-order chi connectivity index (χ0) is 14.1. The average molecular weight is 339 g/mol. The van der Waals surface area contributed by atoms with Crippen LogP contribution in [0.4, 0.5) is 8.78 Å². The van der Waals surface area contributed by atoms with Crippen molar-refractivity contribution in [3.05, 3.63) is 70.3 Å². The highest BCUT2D eigenvalue weighted by molar-refractivity contribution is 9.09. The van der Waals surface area contributed by atoms with Gasteiger partial charge in [0.05, 0.1) is 13.2 Å². The van der Waals surface area contributed by atoms with Crippen LogP contribution < -0.4 is 0 Å². The molecule has 2 aromatic carbocycles. The Labute approximate surface area is 124 Å². The maximum absolute atomic E-state index is 13.7. The number of hydrogen-bond acceptors (Lipinski definition) is 1. The largest absolute Gasteiger partial charge is 0.372 e. The van der Waals surface area contributed by atoms with E-state index in [-0.39, 0.29) is 4.83 Å². The van der Waals surface area contributed by atoms with Crippen molar-refractivity contribution in [2.24, 2.45) is 0 Å². The van der Waals surface area contributed by atoms with E-state index < -0.39 is 11.6 Å². The van der Waals surface area contributed by atoms with Crippen LogP contribution in [0.15, 0.2) is 36.4 Å².